The topological polar surface area (TPSA) is 62.5 Å². The first kappa shape index (κ1) is 14.5. The molecule has 2 aliphatic rings. The van der Waals surface area contributed by atoms with Crippen molar-refractivity contribution in [2.75, 3.05) is 13.1 Å². The van der Waals surface area contributed by atoms with E-state index in [4.69, 9.17) is 4.42 Å². The Kier molecular flexibility index (Phi) is 3.97. The van der Waals surface area contributed by atoms with Gasteiger partial charge in [0.05, 0.1) is 6.04 Å². The first-order chi connectivity index (χ1) is 10.1. The molecule has 1 amide bonds. The number of carbonyl (C=O) groups is 1. The smallest absolute Gasteiger partial charge is 0.233 e. The average Bonchev–Trinajstić information content (AvgIpc) is 3.16. The first-order valence-electron chi connectivity index (χ1n) is 7.91. The number of amides is 1. The Balaban J connectivity index is 1.77. The predicted octanol–water partition coefficient (Wildman–Crippen LogP) is 1.91. The summed E-state index contributed by atoms with van der Waals surface area (Å²) < 4.78 is 5.60. The van der Waals surface area contributed by atoms with E-state index in [1.807, 2.05) is 6.92 Å². The molecule has 21 heavy (non-hydrogen) atoms. The molecular weight excluding hydrogens is 268 g/mol. The second-order valence-electron chi connectivity index (χ2n) is 6.20. The summed E-state index contributed by atoms with van der Waals surface area (Å²) in [6.07, 6.45) is 4.54. The monoisotopic (exact) mass is 292 g/mol. The number of hydrogen-bond acceptors (Lipinski definition) is 5. The number of rotatable bonds is 3. The van der Waals surface area contributed by atoms with Crippen molar-refractivity contribution in [1.82, 2.24) is 20.0 Å². The van der Waals surface area contributed by atoms with Crippen LogP contribution in [-0.2, 0) is 4.79 Å². The van der Waals surface area contributed by atoms with Gasteiger partial charge in [-0.1, -0.05) is 0 Å². The van der Waals surface area contributed by atoms with Crippen molar-refractivity contribution in [3.05, 3.63) is 11.8 Å². The van der Waals surface area contributed by atoms with Crippen molar-refractivity contribution >= 4 is 5.91 Å². The summed E-state index contributed by atoms with van der Waals surface area (Å²) in [5.74, 6) is 1.50. The largest absolute Gasteiger partial charge is 0.424 e. The van der Waals surface area contributed by atoms with E-state index >= 15 is 0 Å². The fourth-order valence-corrected chi connectivity index (χ4v) is 3.91. The van der Waals surface area contributed by atoms with Crippen molar-refractivity contribution in [1.29, 1.82) is 0 Å². The summed E-state index contributed by atoms with van der Waals surface area (Å²) in [5.41, 5.74) is 0. The summed E-state index contributed by atoms with van der Waals surface area (Å²) in [5, 5.41) is 8.10. The van der Waals surface area contributed by atoms with E-state index in [2.05, 4.69) is 26.9 Å². The van der Waals surface area contributed by atoms with Gasteiger partial charge in [0.2, 0.25) is 17.7 Å². The Morgan fingerprint density at radius 2 is 1.95 bits per heavy atom. The van der Waals surface area contributed by atoms with Gasteiger partial charge in [-0.15, -0.1) is 10.2 Å². The van der Waals surface area contributed by atoms with Gasteiger partial charge in [-0.05, 0) is 39.2 Å². The molecule has 0 N–H and O–H groups in total. The summed E-state index contributed by atoms with van der Waals surface area (Å²) in [6, 6.07) is 0.878. The molecule has 0 spiro atoms. The van der Waals surface area contributed by atoms with Gasteiger partial charge in [0.1, 0.15) is 0 Å². The SMILES string of the molecule is CC(=O)N1CCC[C@@H]1[C@H]1CCCN1[C@@H](C)c1nnc(C)o1. The zero-order valence-corrected chi connectivity index (χ0v) is 13.1. The summed E-state index contributed by atoms with van der Waals surface area (Å²) >= 11 is 0. The maximum atomic E-state index is 11.8. The van der Waals surface area contributed by atoms with E-state index in [-0.39, 0.29) is 11.9 Å². The van der Waals surface area contributed by atoms with Crippen LogP contribution in [-0.4, -0.2) is 51.1 Å². The van der Waals surface area contributed by atoms with E-state index in [9.17, 15) is 4.79 Å². The highest BCUT2D eigenvalue weighted by molar-refractivity contribution is 5.74. The van der Waals surface area contributed by atoms with E-state index in [0.29, 0.717) is 23.9 Å². The Morgan fingerprint density at radius 3 is 2.62 bits per heavy atom. The van der Waals surface area contributed by atoms with Crippen LogP contribution < -0.4 is 0 Å². The Labute approximate surface area is 125 Å². The lowest BCUT2D eigenvalue weighted by molar-refractivity contribution is -0.130. The van der Waals surface area contributed by atoms with Crippen molar-refractivity contribution in [2.24, 2.45) is 0 Å². The quantitative estimate of drug-likeness (QED) is 0.851. The van der Waals surface area contributed by atoms with Crippen LogP contribution in [0.3, 0.4) is 0 Å². The third-order valence-corrected chi connectivity index (χ3v) is 4.89. The maximum absolute atomic E-state index is 11.8. The van der Waals surface area contributed by atoms with Crippen LogP contribution in [0.4, 0.5) is 0 Å². The molecule has 0 unspecified atom stereocenters. The van der Waals surface area contributed by atoms with E-state index in [0.717, 1.165) is 32.4 Å². The molecule has 3 atom stereocenters. The Bertz CT molecular complexity index is 516. The number of aryl methyl sites for hydroxylation is 1. The van der Waals surface area contributed by atoms with Crippen molar-refractivity contribution < 1.29 is 9.21 Å². The molecule has 6 nitrogen and oxygen atoms in total. The van der Waals surface area contributed by atoms with Gasteiger partial charge in [0, 0.05) is 32.5 Å². The second-order valence-corrected chi connectivity index (χ2v) is 6.20. The van der Waals surface area contributed by atoms with Crippen molar-refractivity contribution in [2.45, 2.75) is 64.6 Å². The van der Waals surface area contributed by atoms with E-state index in [1.165, 1.54) is 6.42 Å². The predicted molar refractivity (Wildman–Crippen MR) is 77.6 cm³/mol. The van der Waals surface area contributed by atoms with Crippen molar-refractivity contribution in [3.8, 4) is 0 Å². The zero-order chi connectivity index (χ0) is 15.0. The van der Waals surface area contributed by atoms with Crippen LogP contribution in [0.25, 0.3) is 0 Å². The van der Waals surface area contributed by atoms with Gasteiger partial charge < -0.3 is 9.32 Å². The summed E-state index contributed by atoms with van der Waals surface area (Å²) in [4.78, 5) is 16.3. The third kappa shape index (κ3) is 2.69. The highest BCUT2D eigenvalue weighted by Crippen LogP contribution is 2.35. The number of likely N-dealkylation sites (tertiary alicyclic amines) is 2. The van der Waals surface area contributed by atoms with Gasteiger partial charge in [-0.25, -0.2) is 0 Å². The molecule has 2 fully saturated rings. The van der Waals surface area contributed by atoms with Gasteiger partial charge >= 0.3 is 0 Å². The minimum Gasteiger partial charge on any atom is -0.424 e. The summed E-state index contributed by atoms with van der Waals surface area (Å²) in [7, 11) is 0. The second kappa shape index (κ2) is 5.75. The van der Waals surface area contributed by atoms with Crippen LogP contribution in [0.2, 0.25) is 0 Å². The first-order valence-corrected chi connectivity index (χ1v) is 7.91. The third-order valence-electron chi connectivity index (χ3n) is 4.89. The van der Waals surface area contributed by atoms with Crippen LogP contribution in [0, 0.1) is 6.92 Å². The molecule has 0 radical (unpaired) electrons. The molecule has 1 aromatic heterocycles. The minimum atomic E-state index is 0.119. The molecular formula is C15H24N4O2. The van der Waals surface area contributed by atoms with Gasteiger partial charge in [-0.2, -0.15) is 0 Å². The highest BCUT2D eigenvalue weighted by Gasteiger charge is 2.41. The molecule has 3 rings (SSSR count). The molecule has 0 saturated carbocycles. The van der Waals surface area contributed by atoms with E-state index in [1.54, 1.807) is 6.92 Å². The maximum Gasteiger partial charge on any atom is 0.233 e. The Hall–Kier alpha value is -1.43. The molecule has 6 heteroatoms. The summed E-state index contributed by atoms with van der Waals surface area (Å²) in [6.45, 7) is 7.56. The number of carbonyl (C=O) groups excluding carboxylic acids is 1. The molecule has 1 aromatic rings. The fourth-order valence-electron chi connectivity index (χ4n) is 3.91. The number of aromatic nitrogens is 2. The standard InChI is InChI=1S/C15H24N4O2/c1-10(15-17-16-11(2)21-15)18-8-4-6-13(18)14-7-5-9-19(14)12(3)20/h10,13-14H,4-9H2,1-3H3/t10-,13+,14+/m0/s1. The average molecular weight is 292 g/mol. The molecule has 0 aliphatic carbocycles. The molecule has 3 heterocycles. The van der Waals surface area contributed by atoms with Crippen LogP contribution in [0.1, 0.15) is 57.4 Å². The van der Waals surface area contributed by atoms with Crippen LogP contribution in [0.15, 0.2) is 4.42 Å². The van der Waals surface area contributed by atoms with Gasteiger partial charge in [-0.3, -0.25) is 9.69 Å². The lowest BCUT2D eigenvalue weighted by atomic mass is 10.0. The van der Waals surface area contributed by atoms with Crippen molar-refractivity contribution in [3.63, 3.8) is 0 Å². The minimum absolute atomic E-state index is 0.119. The fraction of sp³-hybridized carbons (Fsp3) is 0.800. The normalized spacial score (nSPS) is 28.2. The number of hydrogen-bond donors (Lipinski definition) is 0. The van der Waals surface area contributed by atoms with Crippen LogP contribution in [0.5, 0.6) is 0 Å². The molecule has 0 aromatic carbocycles. The molecule has 116 valence electrons. The molecule has 2 saturated heterocycles. The van der Waals surface area contributed by atoms with Gasteiger partial charge in [0.25, 0.3) is 0 Å². The number of nitrogens with zero attached hydrogens (tertiary/aromatic N) is 4. The Morgan fingerprint density at radius 1 is 1.24 bits per heavy atom. The lowest BCUT2D eigenvalue weighted by Crippen LogP contribution is -2.48. The lowest BCUT2D eigenvalue weighted by Gasteiger charge is -2.36. The molecule has 0 bridgehead atoms. The van der Waals surface area contributed by atoms with Crippen LogP contribution >= 0.6 is 0 Å². The highest BCUT2D eigenvalue weighted by atomic mass is 16.4. The van der Waals surface area contributed by atoms with E-state index < -0.39 is 0 Å². The van der Waals surface area contributed by atoms with Gasteiger partial charge in [0.15, 0.2) is 0 Å². The zero-order valence-electron chi connectivity index (χ0n) is 13.1. The molecule has 2 aliphatic heterocycles.